The zero-order valence-electron chi connectivity index (χ0n) is 9.03. The minimum Gasteiger partial charge on any atom is -0.381 e. The largest absolute Gasteiger partial charge is 0.381 e. The van der Waals surface area contributed by atoms with E-state index in [9.17, 15) is 4.79 Å². The lowest BCUT2D eigenvalue weighted by atomic mass is 9.97. The van der Waals surface area contributed by atoms with Gasteiger partial charge in [0.25, 0.3) is 0 Å². The first kappa shape index (κ1) is 10.4. The number of carbonyl (C=O) groups excluding carboxylic acids is 1. The number of hydrogen-bond acceptors (Lipinski definition) is 2. The predicted octanol–water partition coefficient (Wildman–Crippen LogP) is 2.60. The fourth-order valence-corrected chi connectivity index (χ4v) is 1.86. The van der Waals surface area contributed by atoms with Gasteiger partial charge >= 0.3 is 0 Å². The molecule has 1 aromatic carbocycles. The highest BCUT2D eigenvalue weighted by atomic mass is 16.5. The molecule has 0 saturated carbocycles. The first-order chi connectivity index (χ1) is 7.25. The van der Waals surface area contributed by atoms with E-state index in [2.05, 4.69) is 0 Å². The zero-order valence-corrected chi connectivity index (χ0v) is 9.03. The van der Waals surface area contributed by atoms with Crippen LogP contribution >= 0.6 is 0 Å². The first-order valence-electron chi connectivity index (χ1n) is 5.43. The summed E-state index contributed by atoms with van der Waals surface area (Å²) < 4.78 is 5.26. The zero-order chi connectivity index (χ0) is 10.7. The van der Waals surface area contributed by atoms with E-state index in [4.69, 9.17) is 4.74 Å². The lowest BCUT2D eigenvalue weighted by molar-refractivity contribution is 0.0953. The Morgan fingerprint density at radius 3 is 2.73 bits per heavy atom. The highest BCUT2D eigenvalue weighted by Crippen LogP contribution is 2.19. The van der Waals surface area contributed by atoms with Gasteiger partial charge < -0.3 is 4.74 Å². The first-order valence-corrected chi connectivity index (χ1v) is 5.43. The molecule has 1 atom stereocenters. The number of rotatable bonds is 3. The lowest BCUT2D eigenvalue weighted by Gasteiger charge is -2.06. The van der Waals surface area contributed by atoms with Crippen molar-refractivity contribution in [3.63, 3.8) is 0 Å². The van der Waals surface area contributed by atoms with Crippen LogP contribution in [0.25, 0.3) is 0 Å². The van der Waals surface area contributed by atoms with Crippen LogP contribution in [0.5, 0.6) is 0 Å². The molecular weight excluding hydrogens is 188 g/mol. The Hall–Kier alpha value is -1.15. The Balaban J connectivity index is 1.98. The summed E-state index contributed by atoms with van der Waals surface area (Å²) >= 11 is 0. The Morgan fingerprint density at radius 1 is 1.40 bits per heavy atom. The molecular formula is C13H16O2. The average Bonchev–Trinajstić information content (AvgIpc) is 2.71. The fraction of sp³-hybridized carbons (Fsp3) is 0.462. The molecule has 1 aliphatic rings. The van der Waals surface area contributed by atoms with Crippen LogP contribution < -0.4 is 0 Å². The van der Waals surface area contributed by atoms with Crippen molar-refractivity contribution in [2.75, 3.05) is 13.2 Å². The van der Waals surface area contributed by atoms with E-state index >= 15 is 0 Å². The Morgan fingerprint density at radius 2 is 2.13 bits per heavy atom. The second-order valence-corrected chi connectivity index (χ2v) is 4.22. The van der Waals surface area contributed by atoms with Gasteiger partial charge in [0.2, 0.25) is 0 Å². The van der Waals surface area contributed by atoms with Crippen LogP contribution in [0.3, 0.4) is 0 Å². The van der Waals surface area contributed by atoms with E-state index in [1.54, 1.807) is 0 Å². The summed E-state index contributed by atoms with van der Waals surface area (Å²) in [6.45, 7) is 3.59. The Kier molecular flexibility index (Phi) is 3.17. The molecule has 1 aliphatic heterocycles. The second-order valence-electron chi connectivity index (χ2n) is 4.22. The molecule has 15 heavy (non-hydrogen) atoms. The summed E-state index contributed by atoms with van der Waals surface area (Å²) in [5.41, 5.74) is 2.02. The normalized spacial score (nSPS) is 20.5. The van der Waals surface area contributed by atoms with Gasteiger partial charge in [0, 0.05) is 25.2 Å². The average molecular weight is 204 g/mol. The van der Waals surface area contributed by atoms with E-state index in [0.29, 0.717) is 12.3 Å². The van der Waals surface area contributed by atoms with Crippen LogP contribution in [-0.4, -0.2) is 19.0 Å². The smallest absolute Gasteiger partial charge is 0.163 e. The number of ketones is 1. The van der Waals surface area contributed by atoms with Crippen molar-refractivity contribution < 1.29 is 9.53 Å². The highest BCUT2D eigenvalue weighted by molar-refractivity contribution is 5.96. The molecule has 0 bridgehead atoms. The molecule has 0 amide bonds. The minimum atomic E-state index is 0.241. The van der Waals surface area contributed by atoms with Crippen LogP contribution in [0.4, 0.5) is 0 Å². The number of carbonyl (C=O) groups is 1. The number of benzene rings is 1. The summed E-state index contributed by atoms with van der Waals surface area (Å²) in [5, 5.41) is 0. The van der Waals surface area contributed by atoms with E-state index in [1.807, 2.05) is 31.2 Å². The van der Waals surface area contributed by atoms with Crippen molar-refractivity contribution in [3.05, 3.63) is 35.4 Å². The second kappa shape index (κ2) is 4.58. The van der Waals surface area contributed by atoms with Gasteiger partial charge in [0.1, 0.15) is 0 Å². The van der Waals surface area contributed by atoms with Crippen LogP contribution in [0.1, 0.15) is 28.8 Å². The van der Waals surface area contributed by atoms with Gasteiger partial charge in [-0.1, -0.05) is 29.8 Å². The standard InChI is InChI=1S/C13H16O2/c1-10-2-4-12(5-3-10)13(14)8-11-6-7-15-9-11/h2-5,11H,6-9H2,1H3. The molecule has 0 spiro atoms. The maximum absolute atomic E-state index is 11.9. The monoisotopic (exact) mass is 204 g/mol. The van der Waals surface area contributed by atoms with E-state index in [0.717, 1.165) is 25.2 Å². The number of hydrogen-bond donors (Lipinski definition) is 0. The van der Waals surface area contributed by atoms with Crippen LogP contribution in [-0.2, 0) is 4.74 Å². The van der Waals surface area contributed by atoms with Crippen molar-refractivity contribution in [3.8, 4) is 0 Å². The fourth-order valence-electron chi connectivity index (χ4n) is 1.86. The molecule has 0 radical (unpaired) electrons. The SMILES string of the molecule is Cc1ccc(C(=O)CC2CCOC2)cc1. The van der Waals surface area contributed by atoms with Gasteiger partial charge in [-0.2, -0.15) is 0 Å². The molecule has 2 heteroatoms. The predicted molar refractivity (Wildman–Crippen MR) is 59.1 cm³/mol. The number of aryl methyl sites for hydroxylation is 1. The minimum absolute atomic E-state index is 0.241. The van der Waals surface area contributed by atoms with Gasteiger partial charge in [-0.05, 0) is 19.3 Å². The molecule has 0 aliphatic carbocycles. The highest BCUT2D eigenvalue weighted by Gasteiger charge is 2.19. The Bertz CT molecular complexity index is 334. The van der Waals surface area contributed by atoms with Gasteiger partial charge in [-0.25, -0.2) is 0 Å². The third kappa shape index (κ3) is 2.66. The number of Topliss-reactive ketones (excluding diaryl/α,β-unsaturated/α-hetero) is 1. The van der Waals surface area contributed by atoms with Crippen molar-refractivity contribution in [1.29, 1.82) is 0 Å². The van der Waals surface area contributed by atoms with Gasteiger partial charge in [0.05, 0.1) is 0 Å². The van der Waals surface area contributed by atoms with Gasteiger partial charge in [-0.15, -0.1) is 0 Å². The third-order valence-electron chi connectivity index (χ3n) is 2.87. The summed E-state index contributed by atoms with van der Waals surface area (Å²) in [7, 11) is 0. The quantitative estimate of drug-likeness (QED) is 0.707. The maximum atomic E-state index is 11.9. The summed E-state index contributed by atoms with van der Waals surface area (Å²) in [6.07, 6.45) is 1.65. The lowest BCUT2D eigenvalue weighted by Crippen LogP contribution is -2.08. The van der Waals surface area contributed by atoms with Crippen LogP contribution in [0, 0.1) is 12.8 Å². The summed E-state index contributed by atoms with van der Waals surface area (Å²) in [6, 6.07) is 7.79. The molecule has 2 nitrogen and oxygen atoms in total. The molecule has 1 aromatic rings. The summed E-state index contributed by atoms with van der Waals surface area (Å²) in [5.74, 6) is 0.671. The third-order valence-corrected chi connectivity index (χ3v) is 2.87. The molecule has 0 aromatic heterocycles. The van der Waals surface area contributed by atoms with E-state index in [-0.39, 0.29) is 5.78 Å². The summed E-state index contributed by atoms with van der Waals surface area (Å²) in [4.78, 5) is 11.9. The number of ether oxygens (including phenoxy) is 1. The van der Waals surface area contributed by atoms with Crippen molar-refractivity contribution >= 4 is 5.78 Å². The topological polar surface area (TPSA) is 26.3 Å². The molecule has 1 fully saturated rings. The van der Waals surface area contributed by atoms with Crippen molar-refractivity contribution in [2.24, 2.45) is 5.92 Å². The van der Waals surface area contributed by atoms with Crippen molar-refractivity contribution in [2.45, 2.75) is 19.8 Å². The molecule has 2 rings (SSSR count). The molecule has 0 N–H and O–H groups in total. The van der Waals surface area contributed by atoms with Gasteiger partial charge in [0.15, 0.2) is 5.78 Å². The van der Waals surface area contributed by atoms with Crippen molar-refractivity contribution in [1.82, 2.24) is 0 Å². The maximum Gasteiger partial charge on any atom is 0.163 e. The molecule has 1 unspecified atom stereocenters. The van der Waals surface area contributed by atoms with Gasteiger partial charge in [-0.3, -0.25) is 4.79 Å². The van der Waals surface area contributed by atoms with Crippen LogP contribution in [0.15, 0.2) is 24.3 Å². The van der Waals surface area contributed by atoms with E-state index < -0.39 is 0 Å². The molecule has 80 valence electrons. The molecule has 1 heterocycles. The van der Waals surface area contributed by atoms with Crippen LogP contribution in [0.2, 0.25) is 0 Å². The Labute approximate surface area is 90.3 Å². The van der Waals surface area contributed by atoms with E-state index in [1.165, 1.54) is 5.56 Å². The molecule has 1 saturated heterocycles.